The van der Waals surface area contributed by atoms with Crippen molar-refractivity contribution in [1.82, 2.24) is 5.32 Å². The average Bonchev–Trinajstić information content (AvgIpc) is 2.68. The molecule has 150 valence electrons. The first-order valence-electron chi connectivity index (χ1n) is 8.82. The number of nitro benzene ring substituents is 1. The molecule has 0 bridgehead atoms. The molecule has 9 heteroatoms. The second-order valence-corrected chi connectivity index (χ2v) is 7.18. The smallest absolute Gasteiger partial charge is 0.338 e. The lowest BCUT2D eigenvalue weighted by Crippen LogP contribution is -2.48. The second kappa shape index (κ2) is 8.44. The normalized spacial score (nSPS) is 16.4. The molecular weight excluding hydrogens is 442 g/mol. The molecule has 29 heavy (non-hydrogen) atoms. The molecule has 1 aliphatic rings. The van der Waals surface area contributed by atoms with Crippen molar-refractivity contribution in [2.24, 2.45) is 0 Å². The highest BCUT2D eigenvalue weighted by atomic mass is 79.9. The van der Waals surface area contributed by atoms with Crippen LogP contribution in [0.15, 0.2) is 64.3 Å². The van der Waals surface area contributed by atoms with Crippen LogP contribution in [0.1, 0.15) is 25.5 Å². The number of allylic oxidation sites excluding steroid dienone is 1. The zero-order valence-corrected chi connectivity index (χ0v) is 17.3. The number of nitrogens with one attached hydrogen (secondary N) is 1. The maximum atomic E-state index is 12.9. The van der Waals surface area contributed by atoms with Gasteiger partial charge in [-0.3, -0.25) is 15.0 Å². The molecule has 0 saturated carbocycles. The predicted molar refractivity (Wildman–Crippen MR) is 110 cm³/mol. The molecule has 3 rings (SSSR count). The zero-order valence-electron chi connectivity index (χ0n) is 15.7. The first kappa shape index (κ1) is 20.5. The summed E-state index contributed by atoms with van der Waals surface area (Å²) < 4.78 is 6.08. The summed E-state index contributed by atoms with van der Waals surface area (Å²) in [6.07, 6.45) is 0. The minimum Gasteiger partial charge on any atom is -0.463 e. The number of nitrogens with zero attached hydrogens (tertiary/aromatic N) is 2. The van der Waals surface area contributed by atoms with Crippen LogP contribution in [0.25, 0.3) is 0 Å². The molecule has 0 spiro atoms. The number of amides is 2. The van der Waals surface area contributed by atoms with Gasteiger partial charge in [0, 0.05) is 22.3 Å². The Balaban J connectivity index is 2.13. The minimum atomic E-state index is -0.704. The fraction of sp³-hybridized carbons (Fsp3) is 0.200. The molecule has 2 amide bonds. The summed E-state index contributed by atoms with van der Waals surface area (Å²) in [5.74, 6) is -0.562. The Bertz CT molecular complexity index is 1000. The molecule has 1 N–H and O–H groups in total. The molecule has 0 aromatic heterocycles. The van der Waals surface area contributed by atoms with Gasteiger partial charge in [0.1, 0.15) is 0 Å². The quantitative estimate of drug-likeness (QED) is 0.403. The van der Waals surface area contributed by atoms with E-state index < -0.39 is 23.0 Å². The number of benzene rings is 2. The number of non-ortho nitro benzene ring substituents is 1. The maximum Gasteiger partial charge on any atom is 0.338 e. The van der Waals surface area contributed by atoms with Crippen LogP contribution in [0.4, 0.5) is 16.2 Å². The van der Waals surface area contributed by atoms with Gasteiger partial charge in [0.2, 0.25) is 0 Å². The van der Waals surface area contributed by atoms with E-state index in [2.05, 4.69) is 21.2 Å². The minimum absolute atomic E-state index is 0.157. The van der Waals surface area contributed by atoms with E-state index in [9.17, 15) is 19.7 Å². The predicted octanol–water partition coefficient (Wildman–Crippen LogP) is 4.47. The molecule has 0 aliphatic carbocycles. The van der Waals surface area contributed by atoms with Crippen LogP contribution in [-0.2, 0) is 9.53 Å². The molecular formula is C20H18BrN3O5. The van der Waals surface area contributed by atoms with Gasteiger partial charge in [-0.25, -0.2) is 9.59 Å². The van der Waals surface area contributed by atoms with Crippen LogP contribution in [-0.4, -0.2) is 23.5 Å². The van der Waals surface area contributed by atoms with Crippen LogP contribution < -0.4 is 10.2 Å². The third-order valence-electron chi connectivity index (χ3n) is 4.48. The number of carbonyl (C=O) groups is 2. The Labute approximate surface area is 175 Å². The van der Waals surface area contributed by atoms with Crippen molar-refractivity contribution in [3.63, 3.8) is 0 Å². The molecule has 1 unspecified atom stereocenters. The van der Waals surface area contributed by atoms with E-state index in [4.69, 9.17) is 4.74 Å². The first-order valence-corrected chi connectivity index (χ1v) is 9.61. The lowest BCUT2D eigenvalue weighted by atomic mass is 9.94. The molecule has 1 heterocycles. The van der Waals surface area contributed by atoms with Crippen molar-refractivity contribution in [2.75, 3.05) is 11.5 Å². The summed E-state index contributed by atoms with van der Waals surface area (Å²) in [6, 6.07) is 11.7. The SMILES string of the molecule is CCOC(=O)C1=C(C)N(c2cccc([N+](=O)[O-])c2)C(=O)NC1c1ccc(Br)cc1. The number of hydrogen-bond donors (Lipinski definition) is 1. The van der Waals surface area contributed by atoms with Crippen LogP contribution in [0, 0.1) is 10.1 Å². The summed E-state index contributed by atoms with van der Waals surface area (Å²) in [6.45, 7) is 3.49. The van der Waals surface area contributed by atoms with Gasteiger partial charge in [-0.2, -0.15) is 0 Å². The monoisotopic (exact) mass is 459 g/mol. The fourth-order valence-corrected chi connectivity index (χ4v) is 3.44. The van der Waals surface area contributed by atoms with Crippen LogP contribution in [0.3, 0.4) is 0 Å². The first-order chi connectivity index (χ1) is 13.8. The van der Waals surface area contributed by atoms with E-state index in [1.165, 1.54) is 23.1 Å². The van der Waals surface area contributed by atoms with E-state index in [0.29, 0.717) is 11.3 Å². The Morgan fingerprint density at radius 3 is 2.59 bits per heavy atom. The van der Waals surface area contributed by atoms with Crippen molar-refractivity contribution < 1.29 is 19.2 Å². The number of nitro groups is 1. The number of rotatable bonds is 5. The number of urea groups is 1. The lowest BCUT2D eigenvalue weighted by Gasteiger charge is -2.35. The third-order valence-corrected chi connectivity index (χ3v) is 5.01. The summed E-state index contributed by atoms with van der Waals surface area (Å²) >= 11 is 3.37. The van der Waals surface area contributed by atoms with Gasteiger partial charge >= 0.3 is 12.0 Å². The fourth-order valence-electron chi connectivity index (χ4n) is 3.18. The van der Waals surface area contributed by atoms with Gasteiger partial charge in [0.25, 0.3) is 5.69 Å². The van der Waals surface area contributed by atoms with Crippen molar-refractivity contribution in [3.05, 3.63) is 80.0 Å². The lowest BCUT2D eigenvalue weighted by molar-refractivity contribution is -0.384. The van der Waals surface area contributed by atoms with Gasteiger partial charge in [-0.1, -0.05) is 34.1 Å². The molecule has 1 atom stereocenters. The Hall–Kier alpha value is -3.20. The largest absolute Gasteiger partial charge is 0.463 e. The van der Waals surface area contributed by atoms with Crippen molar-refractivity contribution in [1.29, 1.82) is 0 Å². The van der Waals surface area contributed by atoms with Gasteiger partial charge < -0.3 is 10.1 Å². The van der Waals surface area contributed by atoms with E-state index in [0.717, 1.165) is 4.47 Å². The molecule has 2 aromatic rings. The van der Waals surface area contributed by atoms with E-state index in [1.807, 2.05) is 12.1 Å². The summed E-state index contributed by atoms with van der Waals surface area (Å²) in [7, 11) is 0. The van der Waals surface area contributed by atoms with E-state index in [-0.39, 0.29) is 23.6 Å². The molecule has 2 aromatic carbocycles. The van der Waals surface area contributed by atoms with Crippen molar-refractivity contribution >= 4 is 39.3 Å². The number of hydrogen-bond acceptors (Lipinski definition) is 5. The van der Waals surface area contributed by atoms with Gasteiger partial charge in [0.15, 0.2) is 0 Å². The molecule has 0 fully saturated rings. The second-order valence-electron chi connectivity index (χ2n) is 6.27. The number of esters is 1. The van der Waals surface area contributed by atoms with E-state index in [1.54, 1.807) is 32.0 Å². The highest BCUT2D eigenvalue weighted by Gasteiger charge is 2.37. The summed E-state index contributed by atoms with van der Waals surface area (Å²) in [4.78, 5) is 37.5. The maximum absolute atomic E-state index is 12.9. The number of carbonyl (C=O) groups excluding carboxylic acids is 2. The zero-order chi connectivity index (χ0) is 21.1. The summed E-state index contributed by atoms with van der Waals surface area (Å²) in [5.41, 5.74) is 1.45. The summed E-state index contributed by atoms with van der Waals surface area (Å²) in [5, 5.41) is 13.9. The standard InChI is InChI=1S/C20H18BrN3O5/c1-3-29-19(25)17-12(2)23(15-5-4-6-16(11-15)24(27)28)20(26)22-18(17)13-7-9-14(21)10-8-13/h4-11,18H,3H2,1-2H3,(H,22,26). The van der Waals surface area contributed by atoms with Gasteiger partial charge in [0.05, 0.1) is 28.8 Å². The highest BCUT2D eigenvalue weighted by molar-refractivity contribution is 9.10. The van der Waals surface area contributed by atoms with Crippen LogP contribution in [0.5, 0.6) is 0 Å². The average molecular weight is 460 g/mol. The van der Waals surface area contributed by atoms with Gasteiger partial charge in [-0.15, -0.1) is 0 Å². The molecule has 0 radical (unpaired) electrons. The van der Waals surface area contributed by atoms with E-state index >= 15 is 0 Å². The Morgan fingerprint density at radius 2 is 1.97 bits per heavy atom. The van der Waals surface area contributed by atoms with Crippen molar-refractivity contribution in [3.8, 4) is 0 Å². The molecule has 0 saturated heterocycles. The number of ether oxygens (including phenoxy) is 1. The Kier molecular flexibility index (Phi) is 5.97. The third kappa shape index (κ3) is 4.14. The van der Waals surface area contributed by atoms with Gasteiger partial charge in [-0.05, 0) is 37.6 Å². The number of halogens is 1. The van der Waals surface area contributed by atoms with Crippen molar-refractivity contribution in [2.45, 2.75) is 19.9 Å². The van der Waals surface area contributed by atoms with Crippen LogP contribution in [0.2, 0.25) is 0 Å². The topological polar surface area (TPSA) is 102 Å². The molecule has 1 aliphatic heterocycles. The highest BCUT2D eigenvalue weighted by Crippen LogP contribution is 2.35. The Morgan fingerprint density at radius 1 is 1.28 bits per heavy atom. The molecule has 8 nitrogen and oxygen atoms in total. The number of anilines is 1. The van der Waals surface area contributed by atoms with Crippen LogP contribution >= 0.6 is 15.9 Å².